The van der Waals surface area contributed by atoms with Crippen molar-refractivity contribution in [1.29, 1.82) is 0 Å². The number of hydrogen-bond acceptors (Lipinski definition) is 3. The van der Waals surface area contributed by atoms with Gasteiger partial charge in [0, 0.05) is 7.11 Å². The lowest BCUT2D eigenvalue weighted by Gasteiger charge is -2.11. The highest BCUT2D eigenvalue weighted by Crippen LogP contribution is 2.32. The summed E-state index contributed by atoms with van der Waals surface area (Å²) in [6.07, 6.45) is 1.88. The Bertz CT molecular complexity index is 315. The van der Waals surface area contributed by atoms with Crippen LogP contribution in [0.2, 0.25) is 0 Å². The molecule has 1 aromatic rings. The second-order valence-corrected chi connectivity index (χ2v) is 3.63. The van der Waals surface area contributed by atoms with Crippen molar-refractivity contribution in [2.45, 2.75) is 11.8 Å². The van der Waals surface area contributed by atoms with Crippen LogP contribution in [0.15, 0.2) is 17.0 Å². The molecule has 0 fully saturated rings. The zero-order chi connectivity index (χ0) is 10.6. The molecule has 0 aromatic heterocycles. The summed E-state index contributed by atoms with van der Waals surface area (Å²) in [7, 11) is 1.51. The van der Waals surface area contributed by atoms with Gasteiger partial charge in [0.15, 0.2) is 18.4 Å². The molecule has 1 rings (SSSR count). The molecule has 0 unspecified atom stereocenters. The van der Waals surface area contributed by atoms with E-state index in [4.69, 9.17) is 9.47 Å². The molecule has 0 atom stereocenters. The number of ether oxygens (including phenoxy) is 2. The quantitative estimate of drug-likeness (QED) is 0.569. The van der Waals surface area contributed by atoms with E-state index in [1.807, 2.05) is 12.3 Å². The third-order valence-corrected chi connectivity index (χ3v) is 2.56. The Kier molecular flexibility index (Phi) is 4.22. The van der Waals surface area contributed by atoms with Crippen molar-refractivity contribution in [2.24, 2.45) is 0 Å². The second kappa shape index (κ2) is 5.22. The number of halogens is 1. The zero-order valence-corrected chi connectivity index (χ0v) is 9.28. The molecule has 78 valence electrons. The normalized spacial score (nSPS) is 10.3. The number of rotatable bonds is 4. The highest BCUT2D eigenvalue weighted by atomic mass is 32.2. The predicted octanol–water partition coefficient (Wildman–Crippen LogP) is 2.84. The van der Waals surface area contributed by atoms with Crippen molar-refractivity contribution in [2.75, 3.05) is 20.2 Å². The van der Waals surface area contributed by atoms with Gasteiger partial charge in [-0.25, -0.2) is 4.39 Å². The van der Waals surface area contributed by atoms with Crippen molar-refractivity contribution in [3.05, 3.63) is 23.5 Å². The van der Waals surface area contributed by atoms with E-state index in [0.717, 1.165) is 4.90 Å². The summed E-state index contributed by atoms with van der Waals surface area (Å²) in [5, 5.41) is 0. The van der Waals surface area contributed by atoms with Crippen molar-refractivity contribution < 1.29 is 13.9 Å². The molecule has 0 aliphatic rings. The highest BCUT2D eigenvalue weighted by molar-refractivity contribution is 7.98. The van der Waals surface area contributed by atoms with Gasteiger partial charge in [-0.05, 0) is 24.8 Å². The number of aryl methyl sites for hydroxylation is 1. The van der Waals surface area contributed by atoms with Gasteiger partial charge in [0.05, 0.1) is 4.90 Å². The lowest BCUT2D eigenvalue weighted by Crippen LogP contribution is -2.02. The SMILES string of the molecule is COCOc1c(SC)ccc(C)c1F. The lowest BCUT2D eigenvalue weighted by molar-refractivity contribution is 0.0461. The Hall–Kier alpha value is -0.740. The van der Waals surface area contributed by atoms with Crippen molar-refractivity contribution in [3.8, 4) is 5.75 Å². The maximum Gasteiger partial charge on any atom is 0.188 e. The van der Waals surface area contributed by atoms with Crippen LogP contribution in [0, 0.1) is 12.7 Å². The Balaban J connectivity index is 3.01. The van der Waals surface area contributed by atoms with Gasteiger partial charge in [-0.1, -0.05) is 6.07 Å². The molecule has 1 aromatic carbocycles. The van der Waals surface area contributed by atoms with E-state index in [1.165, 1.54) is 18.9 Å². The largest absolute Gasteiger partial charge is 0.463 e. The molecule has 0 amide bonds. The summed E-state index contributed by atoms with van der Waals surface area (Å²) >= 11 is 1.45. The van der Waals surface area contributed by atoms with Crippen LogP contribution < -0.4 is 4.74 Å². The van der Waals surface area contributed by atoms with Gasteiger partial charge >= 0.3 is 0 Å². The average Bonchev–Trinajstić information content (AvgIpc) is 2.20. The lowest BCUT2D eigenvalue weighted by atomic mass is 10.2. The van der Waals surface area contributed by atoms with Crippen LogP contribution in [0.25, 0.3) is 0 Å². The van der Waals surface area contributed by atoms with Crippen LogP contribution >= 0.6 is 11.8 Å². The molecule has 0 saturated heterocycles. The van der Waals surface area contributed by atoms with E-state index in [2.05, 4.69) is 0 Å². The Labute approximate surface area is 87.4 Å². The van der Waals surface area contributed by atoms with Gasteiger partial charge in [0.25, 0.3) is 0 Å². The number of hydrogen-bond donors (Lipinski definition) is 0. The third-order valence-electron chi connectivity index (χ3n) is 1.80. The van der Waals surface area contributed by atoms with Crippen LogP contribution in [0.4, 0.5) is 4.39 Å². The third kappa shape index (κ3) is 2.39. The maximum atomic E-state index is 13.6. The van der Waals surface area contributed by atoms with E-state index in [-0.39, 0.29) is 18.4 Å². The van der Waals surface area contributed by atoms with Crippen molar-refractivity contribution in [3.63, 3.8) is 0 Å². The molecule has 0 aliphatic carbocycles. The van der Waals surface area contributed by atoms with Crippen LogP contribution in [-0.2, 0) is 4.74 Å². The average molecular weight is 216 g/mol. The van der Waals surface area contributed by atoms with Crippen LogP contribution in [-0.4, -0.2) is 20.2 Å². The van der Waals surface area contributed by atoms with E-state index in [9.17, 15) is 4.39 Å². The molecule has 0 spiro atoms. The summed E-state index contributed by atoms with van der Waals surface area (Å²) < 4.78 is 23.5. The minimum atomic E-state index is -0.311. The van der Waals surface area contributed by atoms with E-state index in [1.54, 1.807) is 13.0 Å². The molecule has 0 N–H and O–H groups in total. The monoisotopic (exact) mass is 216 g/mol. The van der Waals surface area contributed by atoms with Gasteiger partial charge in [0.1, 0.15) is 0 Å². The fourth-order valence-electron chi connectivity index (χ4n) is 1.05. The molecular formula is C10H13FO2S. The fraction of sp³-hybridized carbons (Fsp3) is 0.400. The summed E-state index contributed by atoms with van der Waals surface area (Å²) in [5.41, 5.74) is 0.578. The first-order valence-electron chi connectivity index (χ1n) is 4.15. The van der Waals surface area contributed by atoms with Gasteiger partial charge in [0.2, 0.25) is 0 Å². The minimum absolute atomic E-state index is 0.0634. The van der Waals surface area contributed by atoms with Gasteiger partial charge in [-0.2, -0.15) is 0 Å². The van der Waals surface area contributed by atoms with E-state index < -0.39 is 0 Å². The Morgan fingerprint density at radius 1 is 1.43 bits per heavy atom. The van der Waals surface area contributed by atoms with Crippen LogP contribution in [0.5, 0.6) is 5.75 Å². The molecule has 2 nitrogen and oxygen atoms in total. The number of thioether (sulfide) groups is 1. The molecular weight excluding hydrogens is 203 g/mol. The first kappa shape index (κ1) is 11.3. The fourth-order valence-corrected chi connectivity index (χ4v) is 1.59. The zero-order valence-electron chi connectivity index (χ0n) is 8.46. The molecule has 0 aliphatic heterocycles. The first-order valence-corrected chi connectivity index (χ1v) is 5.38. The molecule has 0 bridgehead atoms. The van der Waals surface area contributed by atoms with Gasteiger partial charge < -0.3 is 9.47 Å². The number of benzene rings is 1. The van der Waals surface area contributed by atoms with Gasteiger partial charge in [-0.3, -0.25) is 0 Å². The Morgan fingerprint density at radius 3 is 2.71 bits per heavy atom. The summed E-state index contributed by atoms with van der Waals surface area (Å²) in [5.74, 6) is -0.0340. The number of methoxy groups -OCH3 is 1. The second-order valence-electron chi connectivity index (χ2n) is 2.78. The van der Waals surface area contributed by atoms with E-state index >= 15 is 0 Å². The van der Waals surface area contributed by atoms with Crippen LogP contribution in [0.1, 0.15) is 5.56 Å². The van der Waals surface area contributed by atoms with E-state index in [0.29, 0.717) is 5.56 Å². The maximum absolute atomic E-state index is 13.6. The molecule has 4 heteroatoms. The first-order chi connectivity index (χ1) is 6.70. The smallest absolute Gasteiger partial charge is 0.188 e. The molecule has 0 heterocycles. The summed E-state index contributed by atoms with van der Waals surface area (Å²) in [6, 6.07) is 3.58. The van der Waals surface area contributed by atoms with Crippen molar-refractivity contribution >= 4 is 11.8 Å². The Morgan fingerprint density at radius 2 is 2.14 bits per heavy atom. The summed E-state index contributed by atoms with van der Waals surface area (Å²) in [4.78, 5) is 0.783. The molecule has 14 heavy (non-hydrogen) atoms. The molecule has 0 radical (unpaired) electrons. The summed E-state index contributed by atoms with van der Waals surface area (Å²) in [6.45, 7) is 1.77. The topological polar surface area (TPSA) is 18.5 Å². The standard InChI is InChI=1S/C10H13FO2S/c1-7-4-5-8(14-3)10(9(7)11)13-6-12-2/h4-5H,6H2,1-3H3. The molecule has 0 saturated carbocycles. The van der Waals surface area contributed by atoms with Crippen molar-refractivity contribution in [1.82, 2.24) is 0 Å². The highest BCUT2D eigenvalue weighted by Gasteiger charge is 2.11. The predicted molar refractivity (Wildman–Crippen MR) is 55.4 cm³/mol. The minimum Gasteiger partial charge on any atom is -0.463 e. The van der Waals surface area contributed by atoms with Crippen LogP contribution in [0.3, 0.4) is 0 Å². The van der Waals surface area contributed by atoms with Gasteiger partial charge in [-0.15, -0.1) is 11.8 Å².